The van der Waals surface area contributed by atoms with Crippen LogP contribution in [0.4, 0.5) is 0 Å². The Morgan fingerprint density at radius 3 is 3.14 bits per heavy atom. The van der Waals surface area contributed by atoms with Crippen LogP contribution >= 0.6 is 0 Å². The van der Waals surface area contributed by atoms with Gasteiger partial charge in [0.25, 0.3) is 0 Å². The summed E-state index contributed by atoms with van der Waals surface area (Å²) in [5.41, 5.74) is 0.399. The van der Waals surface area contributed by atoms with Gasteiger partial charge in [0.1, 0.15) is 6.54 Å². The van der Waals surface area contributed by atoms with E-state index in [1.807, 2.05) is 0 Å². The molecule has 0 aromatic carbocycles. The molecule has 2 aromatic heterocycles. The molecule has 0 aliphatic rings. The lowest BCUT2D eigenvalue weighted by Gasteiger charge is -1.96. The Balaban J connectivity index is 2.35. The largest absolute Gasteiger partial charge is 0.480 e. The fraction of sp³-hybridized carbons (Fsp3) is 0.200. The van der Waals surface area contributed by atoms with Crippen LogP contribution in [0.1, 0.15) is 0 Å². The smallest absolute Gasteiger partial charge is 0.325 e. The average molecular weight is 195 g/mol. The van der Waals surface area contributed by atoms with Crippen molar-refractivity contribution in [2.45, 2.75) is 6.54 Å². The Hall–Kier alpha value is -2.32. The molecule has 0 atom stereocenters. The number of nitrogens with zero attached hydrogens (tertiary/aromatic N) is 6. The summed E-state index contributed by atoms with van der Waals surface area (Å²) in [5, 5.41) is 28.7. The van der Waals surface area contributed by atoms with Crippen LogP contribution in [-0.4, -0.2) is 46.7 Å². The molecule has 0 unspecified atom stereocenters. The molecule has 0 spiro atoms. The number of carboxylic acids is 1. The van der Waals surface area contributed by atoms with Crippen molar-refractivity contribution in [2.24, 2.45) is 0 Å². The van der Waals surface area contributed by atoms with Crippen LogP contribution in [0, 0.1) is 0 Å². The van der Waals surface area contributed by atoms with E-state index in [4.69, 9.17) is 5.11 Å². The standard InChI is InChI=1S/C5H5N7O2/c13-4(14)2-12-5(8-10-11-12)3-1-6-9-7-3/h1H,2H2,(H,13,14)(H,6,7,9). The number of aromatic nitrogens is 7. The number of tetrazole rings is 1. The summed E-state index contributed by atoms with van der Waals surface area (Å²) in [7, 11) is 0. The normalized spacial score (nSPS) is 10.3. The zero-order chi connectivity index (χ0) is 9.97. The van der Waals surface area contributed by atoms with E-state index in [-0.39, 0.29) is 12.4 Å². The third-order valence-corrected chi connectivity index (χ3v) is 1.46. The number of carbonyl (C=O) groups is 1. The monoisotopic (exact) mass is 195 g/mol. The summed E-state index contributed by atoms with van der Waals surface area (Å²) in [6.45, 7) is -0.310. The summed E-state index contributed by atoms with van der Waals surface area (Å²) < 4.78 is 1.13. The van der Waals surface area contributed by atoms with Crippen molar-refractivity contribution in [3.63, 3.8) is 0 Å². The predicted molar refractivity (Wildman–Crippen MR) is 40.8 cm³/mol. The van der Waals surface area contributed by atoms with Gasteiger partial charge < -0.3 is 5.11 Å². The van der Waals surface area contributed by atoms with Crippen molar-refractivity contribution in [3.8, 4) is 11.5 Å². The molecular formula is C5H5N7O2. The lowest BCUT2D eigenvalue weighted by Crippen LogP contribution is -2.11. The van der Waals surface area contributed by atoms with E-state index in [1.54, 1.807) is 0 Å². The number of aliphatic carboxylic acids is 1. The van der Waals surface area contributed by atoms with Crippen molar-refractivity contribution in [2.75, 3.05) is 0 Å². The third kappa shape index (κ3) is 1.42. The summed E-state index contributed by atoms with van der Waals surface area (Å²) >= 11 is 0. The first kappa shape index (κ1) is 8.29. The van der Waals surface area contributed by atoms with Gasteiger partial charge in [-0.1, -0.05) is 0 Å². The zero-order valence-electron chi connectivity index (χ0n) is 6.82. The van der Waals surface area contributed by atoms with Crippen LogP contribution < -0.4 is 0 Å². The van der Waals surface area contributed by atoms with Gasteiger partial charge in [-0.05, 0) is 10.4 Å². The number of carboxylic acid groups (broad SMARTS) is 1. The van der Waals surface area contributed by atoms with E-state index in [1.165, 1.54) is 6.20 Å². The molecular weight excluding hydrogens is 190 g/mol. The molecule has 2 N–H and O–H groups in total. The predicted octanol–water partition coefficient (Wildman–Crippen LogP) is -1.46. The lowest BCUT2D eigenvalue weighted by atomic mass is 10.4. The van der Waals surface area contributed by atoms with Crippen LogP contribution in [0.15, 0.2) is 6.20 Å². The molecule has 2 heterocycles. The molecule has 0 aliphatic carbocycles. The van der Waals surface area contributed by atoms with Gasteiger partial charge in [-0.3, -0.25) is 4.79 Å². The first-order valence-corrected chi connectivity index (χ1v) is 3.61. The number of aromatic amines is 1. The molecule has 2 rings (SSSR count). The number of H-pyrrole nitrogens is 1. The second kappa shape index (κ2) is 3.20. The Labute approximate surface area is 76.7 Å². The van der Waals surface area contributed by atoms with E-state index < -0.39 is 5.97 Å². The highest BCUT2D eigenvalue weighted by atomic mass is 16.4. The maximum absolute atomic E-state index is 10.4. The van der Waals surface area contributed by atoms with Gasteiger partial charge in [0, 0.05) is 0 Å². The summed E-state index contributed by atoms with van der Waals surface area (Å²) in [5.74, 6) is -0.761. The molecule has 0 saturated heterocycles. The average Bonchev–Trinajstić information content (AvgIpc) is 2.70. The van der Waals surface area contributed by atoms with E-state index in [2.05, 4.69) is 30.9 Å². The second-order valence-electron chi connectivity index (χ2n) is 2.41. The Kier molecular flexibility index (Phi) is 1.89. The van der Waals surface area contributed by atoms with Gasteiger partial charge in [-0.25, -0.2) is 4.68 Å². The zero-order valence-corrected chi connectivity index (χ0v) is 6.82. The molecule has 0 aliphatic heterocycles. The minimum atomic E-state index is -1.03. The van der Waals surface area contributed by atoms with Crippen LogP contribution in [0.2, 0.25) is 0 Å². The molecule has 0 amide bonds. The van der Waals surface area contributed by atoms with Crippen molar-refractivity contribution < 1.29 is 9.90 Å². The van der Waals surface area contributed by atoms with Crippen LogP contribution in [-0.2, 0) is 11.3 Å². The Bertz CT molecular complexity index is 433. The van der Waals surface area contributed by atoms with E-state index in [0.717, 1.165) is 4.68 Å². The molecule has 9 heteroatoms. The first-order chi connectivity index (χ1) is 6.77. The van der Waals surface area contributed by atoms with Crippen molar-refractivity contribution in [3.05, 3.63) is 6.20 Å². The minimum Gasteiger partial charge on any atom is -0.480 e. The summed E-state index contributed by atoms with van der Waals surface area (Å²) in [6.07, 6.45) is 1.41. The SMILES string of the molecule is O=C(O)Cn1nnnc1-c1cn[nH]n1. The fourth-order valence-electron chi connectivity index (χ4n) is 0.932. The second-order valence-corrected chi connectivity index (χ2v) is 2.41. The summed E-state index contributed by atoms with van der Waals surface area (Å²) in [6, 6.07) is 0. The van der Waals surface area contributed by atoms with Crippen LogP contribution in [0.5, 0.6) is 0 Å². The fourth-order valence-corrected chi connectivity index (χ4v) is 0.932. The summed E-state index contributed by atoms with van der Waals surface area (Å²) in [4.78, 5) is 10.4. The Morgan fingerprint density at radius 1 is 1.64 bits per heavy atom. The van der Waals surface area contributed by atoms with Crippen molar-refractivity contribution in [1.29, 1.82) is 0 Å². The van der Waals surface area contributed by atoms with E-state index in [0.29, 0.717) is 5.69 Å². The highest BCUT2D eigenvalue weighted by Crippen LogP contribution is 2.08. The number of hydrogen-bond acceptors (Lipinski definition) is 6. The van der Waals surface area contributed by atoms with Crippen molar-refractivity contribution in [1.82, 2.24) is 35.6 Å². The van der Waals surface area contributed by atoms with E-state index >= 15 is 0 Å². The lowest BCUT2D eigenvalue weighted by molar-refractivity contribution is -0.137. The van der Waals surface area contributed by atoms with E-state index in [9.17, 15) is 4.79 Å². The molecule has 72 valence electrons. The number of nitrogens with one attached hydrogen (secondary N) is 1. The molecule has 9 nitrogen and oxygen atoms in total. The minimum absolute atomic E-state index is 0.265. The van der Waals surface area contributed by atoms with Crippen LogP contribution in [0.25, 0.3) is 11.5 Å². The maximum Gasteiger partial charge on any atom is 0.325 e. The molecule has 2 aromatic rings. The van der Waals surface area contributed by atoms with Gasteiger partial charge in [0.05, 0.1) is 6.20 Å². The number of rotatable bonds is 3. The third-order valence-electron chi connectivity index (χ3n) is 1.46. The van der Waals surface area contributed by atoms with Gasteiger partial charge in [-0.15, -0.1) is 5.10 Å². The first-order valence-electron chi connectivity index (χ1n) is 3.61. The van der Waals surface area contributed by atoms with Crippen molar-refractivity contribution >= 4 is 5.97 Å². The van der Waals surface area contributed by atoms with Gasteiger partial charge >= 0.3 is 5.97 Å². The molecule has 14 heavy (non-hydrogen) atoms. The van der Waals surface area contributed by atoms with Gasteiger partial charge in [0.15, 0.2) is 5.69 Å². The van der Waals surface area contributed by atoms with Gasteiger partial charge in [0.2, 0.25) is 5.82 Å². The number of hydrogen-bond donors (Lipinski definition) is 2. The molecule has 0 saturated carbocycles. The maximum atomic E-state index is 10.4. The van der Waals surface area contributed by atoms with Crippen LogP contribution in [0.3, 0.4) is 0 Å². The highest BCUT2D eigenvalue weighted by molar-refractivity contribution is 5.67. The quantitative estimate of drug-likeness (QED) is 0.613. The topological polar surface area (TPSA) is 122 Å². The Morgan fingerprint density at radius 2 is 2.50 bits per heavy atom. The van der Waals surface area contributed by atoms with Gasteiger partial charge in [-0.2, -0.15) is 15.4 Å². The molecule has 0 radical (unpaired) electrons. The molecule has 0 fully saturated rings. The highest BCUT2D eigenvalue weighted by Gasteiger charge is 2.13. The molecule has 0 bridgehead atoms.